The number of nitriles is 1. The number of benzene rings is 2. The molecule has 0 unspecified atom stereocenters. The summed E-state index contributed by atoms with van der Waals surface area (Å²) in [7, 11) is 2.81. The highest BCUT2D eigenvalue weighted by molar-refractivity contribution is 6.15. The van der Waals surface area contributed by atoms with E-state index in [0.29, 0.717) is 11.3 Å². The number of Topliss-reactive ketones (excluding diaryl/α,β-unsaturated/α-hetero) is 1. The van der Waals surface area contributed by atoms with Gasteiger partial charge in [0.25, 0.3) is 0 Å². The first-order valence-electron chi connectivity index (χ1n) is 6.73. The maximum absolute atomic E-state index is 13.7. The van der Waals surface area contributed by atoms with Gasteiger partial charge in [0.05, 0.1) is 19.8 Å². The zero-order valence-corrected chi connectivity index (χ0v) is 12.7. The lowest BCUT2D eigenvalue weighted by Gasteiger charge is -2.06. The van der Waals surface area contributed by atoms with Crippen molar-refractivity contribution in [2.75, 3.05) is 14.2 Å². The van der Waals surface area contributed by atoms with E-state index in [1.54, 1.807) is 30.3 Å². The molecule has 2 aromatic rings. The average molecular weight is 311 g/mol. The Hall–Kier alpha value is -3.13. The minimum absolute atomic E-state index is 0.0942. The first kappa shape index (κ1) is 16.2. The molecule has 0 aromatic heterocycles. The number of methoxy groups -OCH3 is 2. The Morgan fingerprint density at radius 1 is 1.13 bits per heavy atom. The summed E-state index contributed by atoms with van der Waals surface area (Å²) >= 11 is 0. The summed E-state index contributed by atoms with van der Waals surface area (Å²) in [5, 5.41) is 9.25. The van der Waals surface area contributed by atoms with Crippen LogP contribution in [0, 0.1) is 17.1 Å². The third kappa shape index (κ3) is 3.55. The molecule has 0 aliphatic heterocycles. The smallest absolute Gasteiger partial charge is 0.207 e. The Balaban J connectivity index is 2.41. The van der Waals surface area contributed by atoms with Crippen LogP contribution in [-0.2, 0) is 0 Å². The Morgan fingerprint density at radius 2 is 1.83 bits per heavy atom. The minimum atomic E-state index is -0.566. The highest BCUT2D eigenvalue weighted by Crippen LogP contribution is 2.23. The lowest BCUT2D eigenvalue weighted by Crippen LogP contribution is -2.04. The second-order valence-electron chi connectivity index (χ2n) is 4.59. The van der Waals surface area contributed by atoms with Crippen molar-refractivity contribution in [3.63, 3.8) is 0 Å². The number of carbonyl (C=O) groups is 1. The van der Waals surface area contributed by atoms with Crippen molar-refractivity contribution in [1.82, 2.24) is 0 Å². The molecule has 0 spiro atoms. The molecule has 5 heteroatoms. The van der Waals surface area contributed by atoms with Crippen LogP contribution < -0.4 is 9.47 Å². The molecule has 0 saturated heterocycles. The van der Waals surface area contributed by atoms with E-state index in [9.17, 15) is 14.4 Å². The Kier molecular flexibility index (Phi) is 5.11. The normalized spacial score (nSPS) is 10.8. The zero-order valence-electron chi connectivity index (χ0n) is 12.7. The van der Waals surface area contributed by atoms with Crippen molar-refractivity contribution in [3.8, 4) is 17.6 Å². The van der Waals surface area contributed by atoms with Gasteiger partial charge in [0.1, 0.15) is 17.4 Å². The number of ether oxygens (including phenoxy) is 2. The molecule has 0 saturated carbocycles. The van der Waals surface area contributed by atoms with E-state index < -0.39 is 11.6 Å². The molecule has 0 fully saturated rings. The van der Waals surface area contributed by atoms with Crippen LogP contribution in [0.4, 0.5) is 4.39 Å². The number of para-hydroxylation sites is 1. The van der Waals surface area contributed by atoms with E-state index >= 15 is 0 Å². The van der Waals surface area contributed by atoms with E-state index in [2.05, 4.69) is 0 Å². The number of carbonyl (C=O) groups excluding carboxylic acids is 1. The number of halogens is 1. The van der Waals surface area contributed by atoms with Gasteiger partial charge in [-0.3, -0.25) is 4.79 Å². The van der Waals surface area contributed by atoms with Gasteiger partial charge in [-0.2, -0.15) is 5.26 Å². The fraction of sp³-hybridized carbons (Fsp3) is 0.111. The minimum Gasteiger partial charge on any atom is -0.496 e. The van der Waals surface area contributed by atoms with Gasteiger partial charge in [0, 0.05) is 0 Å². The molecule has 0 radical (unpaired) electrons. The van der Waals surface area contributed by atoms with Gasteiger partial charge in [-0.25, -0.2) is 4.39 Å². The van der Waals surface area contributed by atoms with E-state index in [1.807, 2.05) is 6.07 Å². The summed E-state index contributed by atoms with van der Waals surface area (Å²) in [5.41, 5.74) is 0.555. The summed E-state index contributed by atoms with van der Waals surface area (Å²) in [6.45, 7) is 0. The standard InChI is InChI=1S/C18H14FNO3/c1-22-16-6-4-3-5-14(16)18(21)13(11-20)9-12-7-8-17(23-2)15(19)10-12/h3-10H,1-2H3/b13-9+. The number of rotatable bonds is 5. The molecule has 0 bridgehead atoms. The molecule has 0 aliphatic carbocycles. The van der Waals surface area contributed by atoms with Crippen molar-refractivity contribution in [2.45, 2.75) is 0 Å². The van der Waals surface area contributed by atoms with Gasteiger partial charge in [0.15, 0.2) is 11.6 Å². The monoisotopic (exact) mass is 311 g/mol. The Morgan fingerprint density at radius 3 is 2.43 bits per heavy atom. The van der Waals surface area contributed by atoms with Crippen molar-refractivity contribution in [3.05, 3.63) is 65.0 Å². The Labute approximate surface area is 133 Å². The van der Waals surface area contributed by atoms with Crippen LogP contribution in [0.5, 0.6) is 11.5 Å². The predicted molar refractivity (Wildman–Crippen MR) is 83.9 cm³/mol. The summed E-state index contributed by atoms with van der Waals surface area (Å²) in [5.74, 6) is -0.583. The van der Waals surface area contributed by atoms with Gasteiger partial charge >= 0.3 is 0 Å². The van der Waals surface area contributed by atoms with Crippen LogP contribution in [0.25, 0.3) is 6.08 Å². The largest absolute Gasteiger partial charge is 0.496 e. The summed E-state index contributed by atoms with van der Waals surface area (Å²) in [6, 6.07) is 12.7. The number of hydrogen-bond donors (Lipinski definition) is 0. The molecule has 0 atom stereocenters. The molecule has 0 heterocycles. The first-order chi connectivity index (χ1) is 11.1. The fourth-order valence-corrected chi connectivity index (χ4v) is 2.06. The van der Waals surface area contributed by atoms with Gasteiger partial charge in [-0.1, -0.05) is 18.2 Å². The predicted octanol–water partition coefficient (Wildman–Crippen LogP) is 3.63. The number of allylic oxidation sites excluding steroid dienone is 1. The van der Waals surface area contributed by atoms with Crippen LogP contribution in [0.3, 0.4) is 0 Å². The van der Waals surface area contributed by atoms with Crippen molar-refractivity contribution in [2.24, 2.45) is 0 Å². The molecule has 0 amide bonds. The number of nitrogens with zero attached hydrogens (tertiary/aromatic N) is 1. The van der Waals surface area contributed by atoms with Gasteiger partial charge in [0.2, 0.25) is 5.78 Å². The maximum Gasteiger partial charge on any atom is 0.207 e. The zero-order chi connectivity index (χ0) is 16.8. The Bertz CT molecular complexity index is 806. The molecule has 2 aromatic carbocycles. The second-order valence-corrected chi connectivity index (χ2v) is 4.59. The van der Waals surface area contributed by atoms with E-state index in [1.165, 1.54) is 32.4 Å². The molecule has 116 valence electrons. The van der Waals surface area contributed by atoms with Crippen LogP contribution in [0.15, 0.2) is 48.0 Å². The quantitative estimate of drug-likeness (QED) is 0.480. The lowest BCUT2D eigenvalue weighted by molar-refractivity contribution is 0.103. The third-order valence-corrected chi connectivity index (χ3v) is 3.20. The summed E-state index contributed by atoms with van der Waals surface area (Å²) in [6.07, 6.45) is 1.33. The van der Waals surface area contributed by atoms with Crippen LogP contribution in [-0.4, -0.2) is 20.0 Å². The SMILES string of the molecule is COc1ccc(/C=C(\C#N)C(=O)c2ccccc2OC)cc1F. The number of hydrogen-bond acceptors (Lipinski definition) is 4. The topological polar surface area (TPSA) is 59.3 Å². The van der Waals surface area contributed by atoms with E-state index in [0.717, 1.165) is 0 Å². The molecular weight excluding hydrogens is 297 g/mol. The molecule has 2 rings (SSSR count). The first-order valence-corrected chi connectivity index (χ1v) is 6.73. The van der Waals surface area contributed by atoms with Crippen molar-refractivity contribution < 1.29 is 18.7 Å². The highest BCUT2D eigenvalue weighted by Gasteiger charge is 2.16. The van der Waals surface area contributed by atoms with E-state index in [4.69, 9.17) is 9.47 Å². The molecular formula is C18H14FNO3. The van der Waals surface area contributed by atoms with Crippen molar-refractivity contribution in [1.29, 1.82) is 5.26 Å². The number of ketones is 1. The fourth-order valence-electron chi connectivity index (χ4n) is 2.06. The van der Waals surface area contributed by atoms with Crippen LogP contribution >= 0.6 is 0 Å². The van der Waals surface area contributed by atoms with Gasteiger partial charge in [-0.15, -0.1) is 0 Å². The average Bonchev–Trinajstić information content (AvgIpc) is 2.59. The maximum atomic E-state index is 13.7. The third-order valence-electron chi connectivity index (χ3n) is 3.20. The molecule has 0 aliphatic rings. The lowest BCUT2D eigenvalue weighted by atomic mass is 10.0. The van der Waals surface area contributed by atoms with Gasteiger partial charge < -0.3 is 9.47 Å². The highest BCUT2D eigenvalue weighted by atomic mass is 19.1. The van der Waals surface area contributed by atoms with E-state index in [-0.39, 0.29) is 16.9 Å². The molecule has 0 N–H and O–H groups in total. The summed E-state index contributed by atoms with van der Waals surface area (Å²) < 4.78 is 23.7. The molecule has 23 heavy (non-hydrogen) atoms. The van der Waals surface area contributed by atoms with Crippen LogP contribution in [0.2, 0.25) is 0 Å². The summed E-state index contributed by atoms with van der Waals surface area (Å²) in [4.78, 5) is 12.5. The molecule has 4 nitrogen and oxygen atoms in total. The van der Waals surface area contributed by atoms with Gasteiger partial charge in [-0.05, 0) is 35.9 Å². The van der Waals surface area contributed by atoms with Crippen LogP contribution in [0.1, 0.15) is 15.9 Å². The van der Waals surface area contributed by atoms with Crippen molar-refractivity contribution >= 4 is 11.9 Å². The second kappa shape index (κ2) is 7.23.